The summed E-state index contributed by atoms with van der Waals surface area (Å²) >= 11 is 4.02. The summed E-state index contributed by atoms with van der Waals surface area (Å²) < 4.78 is 5.05. The lowest BCUT2D eigenvalue weighted by Gasteiger charge is -2.25. The molecule has 18 heavy (non-hydrogen) atoms. The van der Waals surface area contributed by atoms with Crippen LogP contribution in [0.25, 0.3) is 0 Å². The van der Waals surface area contributed by atoms with Gasteiger partial charge in [-0.05, 0) is 12.2 Å². The highest BCUT2D eigenvalue weighted by Gasteiger charge is 2.29. The van der Waals surface area contributed by atoms with Gasteiger partial charge in [0.1, 0.15) is 24.4 Å². The summed E-state index contributed by atoms with van der Waals surface area (Å²) in [6.45, 7) is -0.601. The lowest BCUT2D eigenvalue weighted by Crippen LogP contribution is -2.47. The molecule has 0 aromatic carbocycles. The summed E-state index contributed by atoms with van der Waals surface area (Å²) in [4.78, 5) is 0. The highest BCUT2D eigenvalue weighted by molar-refractivity contribution is 7.80. The second-order valence-corrected chi connectivity index (χ2v) is 4.27. The number of hydrogen-bond donors (Lipinski definition) is 6. The lowest BCUT2D eigenvalue weighted by atomic mass is 10.0. The molecular formula is C11H22O6S. The Morgan fingerprint density at radius 3 is 2.17 bits per heavy atom. The van der Waals surface area contributed by atoms with Gasteiger partial charge in [0.25, 0.3) is 0 Å². The van der Waals surface area contributed by atoms with Crippen LogP contribution in [0.5, 0.6) is 0 Å². The molecule has 0 aromatic heterocycles. The van der Waals surface area contributed by atoms with E-state index in [-0.39, 0.29) is 13.2 Å². The predicted octanol–water partition coefficient (Wildman–Crippen LogP) is -1.68. The minimum Gasteiger partial charge on any atom is -0.394 e. The van der Waals surface area contributed by atoms with Crippen molar-refractivity contribution >= 4 is 12.6 Å². The van der Waals surface area contributed by atoms with Crippen LogP contribution >= 0.6 is 12.6 Å². The van der Waals surface area contributed by atoms with Crippen molar-refractivity contribution in [1.82, 2.24) is 0 Å². The van der Waals surface area contributed by atoms with Crippen molar-refractivity contribution in [1.29, 1.82) is 0 Å². The summed E-state index contributed by atoms with van der Waals surface area (Å²) in [5.41, 5.74) is 0. The Hall–Kier alpha value is -0.150. The molecule has 0 fully saturated rings. The monoisotopic (exact) mass is 282 g/mol. The molecule has 0 aliphatic carbocycles. The maximum atomic E-state index is 9.47. The van der Waals surface area contributed by atoms with Crippen molar-refractivity contribution < 1.29 is 30.3 Å². The molecule has 6 nitrogen and oxygen atoms in total. The van der Waals surface area contributed by atoms with Gasteiger partial charge in [0, 0.05) is 0 Å². The molecule has 0 radical (unpaired) electrons. The molecule has 0 rings (SSSR count). The Morgan fingerprint density at radius 2 is 1.61 bits per heavy atom. The van der Waals surface area contributed by atoms with Gasteiger partial charge in [-0.2, -0.15) is 12.6 Å². The highest BCUT2D eigenvalue weighted by atomic mass is 32.1. The van der Waals surface area contributed by atoms with Gasteiger partial charge in [-0.1, -0.05) is 12.2 Å². The van der Waals surface area contributed by atoms with E-state index < -0.39 is 31.0 Å². The first-order valence-electron chi connectivity index (χ1n) is 5.71. The van der Waals surface area contributed by atoms with Crippen molar-refractivity contribution in [2.75, 3.05) is 25.6 Å². The molecule has 0 saturated heterocycles. The number of hydrogen-bond acceptors (Lipinski definition) is 7. The van der Waals surface area contributed by atoms with Gasteiger partial charge in [-0.3, -0.25) is 0 Å². The molecule has 7 heteroatoms. The highest BCUT2D eigenvalue weighted by Crippen LogP contribution is 2.05. The van der Waals surface area contributed by atoms with Gasteiger partial charge >= 0.3 is 0 Å². The zero-order chi connectivity index (χ0) is 14.0. The quantitative estimate of drug-likeness (QED) is 0.162. The zero-order valence-corrected chi connectivity index (χ0v) is 11.0. The van der Waals surface area contributed by atoms with E-state index in [1.807, 2.05) is 6.08 Å². The minimum atomic E-state index is -1.62. The van der Waals surface area contributed by atoms with Crippen molar-refractivity contribution in [3.8, 4) is 0 Å². The van der Waals surface area contributed by atoms with Gasteiger partial charge in [-0.25, -0.2) is 0 Å². The van der Waals surface area contributed by atoms with Crippen molar-refractivity contribution in [3.63, 3.8) is 0 Å². The molecule has 0 saturated carbocycles. The van der Waals surface area contributed by atoms with Crippen molar-refractivity contribution in [2.24, 2.45) is 0 Å². The fraction of sp³-hybridized carbons (Fsp3) is 0.818. The van der Waals surface area contributed by atoms with Crippen LogP contribution < -0.4 is 0 Å². The van der Waals surface area contributed by atoms with Crippen LogP contribution in [0.15, 0.2) is 12.2 Å². The number of rotatable bonds is 10. The fourth-order valence-electron chi connectivity index (χ4n) is 1.18. The van der Waals surface area contributed by atoms with Gasteiger partial charge in [0.15, 0.2) is 0 Å². The molecule has 4 atom stereocenters. The summed E-state index contributed by atoms with van der Waals surface area (Å²) in [6.07, 6.45) is -1.57. The number of aliphatic hydroxyl groups is 5. The summed E-state index contributed by atoms with van der Waals surface area (Å²) in [5, 5.41) is 45.9. The molecule has 5 N–H and O–H groups in total. The molecule has 0 aliphatic rings. The Balaban J connectivity index is 3.83. The van der Waals surface area contributed by atoms with Gasteiger partial charge in [0.2, 0.25) is 0 Å². The third kappa shape index (κ3) is 7.32. The average Bonchev–Trinajstić information content (AvgIpc) is 2.39. The first-order valence-corrected chi connectivity index (χ1v) is 6.34. The van der Waals surface area contributed by atoms with Gasteiger partial charge < -0.3 is 30.3 Å². The SMILES string of the molecule is OCC(O)[C@H](O)[C@H](O)C(O)COC/C=C/CCS. The van der Waals surface area contributed by atoms with E-state index in [1.165, 1.54) is 0 Å². The van der Waals surface area contributed by atoms with E-state index in [9.17, 15) is 15.3 Å². The molecule has 0 spiro atoms. The molecule has 0 aliphatic heterocycles. The topological polar surface area (TPSA) is 110 Å². The average molecular weight is 282 g/mol. The molecular weight excluding hydrogens is 260 g/mol. The second kappa shape index (κ2) is 10.7. The lowest BCUT2D eigenvalue weighted by molar-refractivity contribution is -0.127. The number of thiol groups is 1. The fourth-order valence-corrected chi connectivity index (χ4v) is 1.33. The van der Waals surface area contributed by atoms with Crippen molar-refractivity contribution in [3.05, 3.63) is 12.2 Å². The van der Waals surface area contributed by atoms with E-state index in [0.29, 0.717) is 0 Å². The van der Waals surface area contributed by atoms with E-state index in [0.717, 1.165) is 12.2 Å². The van der Waals surface area contributed by atoms with Crippen LogP contribution in [0.3, 0.4) is 0 Å². The van der Waals surface area contributed by atoms with Gasteiger partial charge in [0.05, 0.1) is 19.8 Å². The van der Waals surface area contributed by atoms with Crippen LogP contribution in [0.1, 0.15) is 6.42 Å². The molecule has 2 unspecified atom stereocenters. The first-order chi connectivity index (χ1) is 8.54. The smallest absolute Gasteiger partial charge is 0.111 e. The molecule has 0 heterocycles. The van der Waals surface area contributed by atoms with E-state index in [2.05, 4.69) is 12.6 Å². The summed E-state index contributed by atoms with van der Waals surface area (Å²) in [6, 6.07) is 0. The number of aliphatic hydroxyl groups excluding tert-OH is 5. The standard InChI is InChI=1S/C11H22O6S/c12-6-8(13)10(15)11(16)9(14)7-17-4-2-1-3-5-18/h1-2,8-16,18H,3-7H2/b2-1+/t8?,9?,10-,11+/m0/s1. The predicted molar refractivity (Wildman–Crippen MR) is 69.5 cm³/mol. The Bertz CT molecular complexity index is 226. The Kier molecular flexibility index (Phi) is 10.7. The first kappa shape index (κ1) is 17.8. The zero-order valence-electron chi connectivity index (χ0n) is 10.1. The largest absolute Gasteiger partial charge is 0.394 e. The molecule has 0 amide bonds. The van der Waals surface area contributed by atoms with E-state index in [4.69, 9.17) is 14.9 Å². The second-order valence-electron chi connectivity index (χ2n) is 3.82. The van der Waals surface area contributed by atoms with Crippen LogP contribution in [-0.2, 0) is 4.74 Å². The van der Waals surface area contributed by atoms with E-state index in [1.54, 1.807) is 6.08 Å². The Labute approximate surface area is 112 Å². The molecule has 108 valence electrons. The molecule has 0 aromatic rings. The minimum absolute atomic E-state index is 0.179. The third-order valence-electron chi connectivity index (χ3n) is 2.29. The molecule has 0 bridgehead atoms. The normalized spacial score (nSPS) is 18.8. The van der Waals surface area contributed by atoms with E-state index >= 15 is 0 Å². The van der Waals surface area contributed by atoms with Crippen LogP contribution in [-0.4, -0.2) is 75.5 Å². The van der Waals surface area contributed by atoms with Crippen molar-refractivity contribution in [2.45, 2.75) is 30.8 Å². The maximum Gasteiger partial charge on any atom is 0.111 e. The maximum absolute atomic E-state index is 9.47. The Morgan fingerprint density at radius 1 is 1.00 bits per heavy atom. The van der Waals surface area contributed by atoms with Gasteiger partial charge in [-0.15, -0.1) is 0 Å². The third-order valence-corrected chi connectivity index (χ3v) is 2.55. The summed E-state index contributed by atoms with van der Waals surface area (Å²) in [5.74, 6) is 0.739. The number of allylic oxidation sites excluding steroid dienone is 1. The van der Waals surface area contributed by atoms with Crippen LogP contribution in [0, 0.1) is 0 Å². The van der Waals surface area contributed by atoms with Crippen LogP contribution in [0.2, 0.25) is 0 Å². The number of ether oxygens (including phenoxy) is 1. The van der Waals surface area contributed by atoms with Crippen LogP contribution in [0.4, 0.5) is 0 Å². The summed E-state index contributed by atoms with van der Waals surface area (Å²) in [7, 11) is 0.